The zero-order valence-corrected chi connectivity index (χ0v) is 26.0. The van der Waals surface area contributed by atoms with Crippen molar-refractivity contribution in [3.8, 4) is 21.9 Å². The molecule has 3 nitrogen and oxygen atoms in total. The zero-order chi connectivity index (χ0) is 29.8. The Bertz CT molecular complexity index is 1470. The third-order valence-electron chi connectivity index (χ3n) is 6.53. The minimum Gasteiger partial charge on any atom is -0.497 e. The van der Waals surface area contributed by atoms with Crippen LogP contribution in [0.25, 0.3) is 21.6 Å². The Morgan fingerprint density at radius 2 is 0.951 bits per heavy atom. The van der Waals surface area contributed by atoms with Crippen molar-refractivity contribution in [1.82, 2.24) is 0 Å². The molecule has 0 atom stereocenters. The van der Waals surface area contributed by atoms with Crippen molar-refractivity contribution >= 4 is 28.2 Å². The molecule has 0 radical (unpaired) electrons. The number of nitrogen functional groups attached to an aromatic ring is 1. The van der Waals surface area contributed by atoms with Crippen molar-refractivity contribution in [1.29, 1.82) is 0 Å². The summed E-state index contributed by atoms with van der Waals surface area (Å²) >= 11 is 1.69. The van der Waals surface area contributed by atoms with Gasteiger partial charge in [-0.15, -0.1) is 11.3 Å². The Morgan fingerprint density at radius 3 is 1.32 bits per heavy atom. The molecule has 0 spiro atoms. The summed E-state index contributed by atoms with van der Waals surface area (Å²) in [5.41, 5.74) is 16.2. The third-order valence-corrected chi connectivity index (χ3v) is 7.69. The summed E-state index contributed by atoms with van der Waals surface area (Å²) in [6, 6.07) is 35.7. The molecule has 0 fully saturated rings. The summed E-state index contributed by atoms with van der Waals surface area (Å²) < 4.78 is 10.9. The highest BCUT2D eigenvalue weighted by Crippen LogP contribution is 2.40. The van der Waals surface area contributed by atoms with Crippen molar-refractivity contribution in [2.75, 3.05) is 20.0 Å². The van der Waals surface area contributed by atoms with E-state index in [1.54, 1.807) is 25.6 Å². The van der Waals surface area contributed by atoms with E-state index in [9.17, 15) is 0 Å². The number of rotatable bonds is 7. The van der Waals surface area contributed by atoms with Crippen LogP contribution in [0.2, 0.25) is 0 Å². The predicted octanol–water partition coefficient (Wildman–Crippen LogP) is 10.4. The molecule has 1 heterocycles. The van der Waals surface area contributed by atoms with Gasteiger partial charge < -0.3 is 15.2 Å². The van der Waals surface area contributed by atoms with E-state index < -0.39 is 0 Å². The van der Waals surface area contributed by atoms with E-state index in [-0.39, 0.29) is 0 Å². The number of ether oxygens (including phenoxy) is 2. The molecule has 0 saturated carbocycles. The van der Waals surface area contributed by atoms with Crippen LogP contribution in [0.3, 0.4) is 0 Å². The lowest BCUT2D eigenvalue weighted by Gasteiger charge is -2.19. The largest absolute Gasteiger partial charge is 0.497 e. The quantitative estimate of drug-likeness (QED) is 0.200. The molecule has 0 bridgehead atoms. The zero-order valence-electron chi connectivity index (χ0n) is 25.2. The molecule has 0 saturated heterocycles. The van der Waals surface area contributed by atoms with Gasteiger partial charge in [0.2, 0.25) is 0 Å². The number of thiophene rings is 1. The minimum atomic E-state index is 0.826. The fourth-order valence-electron chi connectivity index (χ4n) is 4.50. The average molecular weight is 564 g/mol. The number of benzene rings is 4. The Morgan fingerprint density at radius 1 is 0.561 bits per heavy atom. The highest BCUT2D eigenvalue weighted by Gasteiger charge is 2.17. The van der Waals surface area contributed by atoms with Crippen LogP contribution in [0.4, 0.5) is 5.69 Å². The van der Waals surface area contributed by atoms with Crippen molar-refractivity contribution in [3.05, 3.63) is 136 Å². The van der Waals surface area contributed by atoms with Crippen molar-refractivity contribution in [2.24, 2.45) is 0 Å². The van der Waals surface area contributed by atoms with Crippen LogP contribution in [0.1, 0.15) is 55.5 Å². The molecule has 212 valence electrons. The van der Waals surface area contributed by atoms with E-state index in [2.05, 4.69) is 85.1 Å². The van der Waals surface area contributed by atoms with Gasteiger partial charge in [0, 0.05) is 0 Å². The SMILES string of the molecule is CC.CC.COc1ccc(C(=C(c2ccccc2)c2ccc(-c3scc(C)c3N)cc2)c2ccc(OC)cc2)cc1. The number of methoxy groups -OCH3 is 2. The summed E-state index contributed by atoms with van der Waals surface area (Å²) in [5, 5.41) is 2.11. The molecule has 0 unspecified atom stereocenters. The molecule has 0 amide bonds. The van der Waals surface area contributed by atoms with Gasteiger partial charge in [0.15, 0.2) is 0 Å². The van der Waals surface area contributed by atoms with Crippen LogP contribution < -0.4 is 15.2 Å². The van der Waals surface area contributed by atoms with E-state index in [1.807, 2.05) is 58.0 Å². The van der Waals surface area contributed by atoms with Gasteiger partial charge in [-0.05, 0) is 81.1 Å². The molecular weight excluding hydrogens is 522 g/mol. The van der Waals surface area contributed by atoms with Crippen molar-refractivity contribution in [3.63, 3.8) is 0 Å². The molecule has 41 heavy (non-hydrogen) atoms. The molecule has 4 heteroatoms. The summed E-state index contributed by atoms with van der Waals surface area (Å²) in [4.78, 5) is 1.11. The van der Waals surface area contributed by atoms with E-state index >= 15 is 0 Å². The smallest absolute Gasteiger partial charge is 0.118 e. The summed E-state index contributed by atoms with van der Waals surface area (Å²) in [7, 11) is 3.38. The van der Waals surface area contributed by atoms with E-state index in [4.69, 9.17) is 15.2 Å². The Hall–Kier alpha value is -4.28. The number of aryl methyl sites for hydroxylation is 1. The van der Waals surface area contributed by atoms with Crippen LogP contribution >= 0.6 is 11.3 Å². The van der Waals surface area contributed by atoms with Gasteiger partial charge >= 0.3 is 0 Å². The summed E-state index contributed by atoms with van der Waals surface area (Å²) in [6.07, 6.45) is 0. The molecule has 0 aliphatic rings. The summed E-state index contributed by atoms with van der Waals surface area (Å²) in [5.74, 6) is 1.65. The van der Waals surface area contributed by atoms with Gasteiger partial charge in [0.25, 0.3) is 0 Å². The van der Waals surface area contributed by atoms with Crippen LogP contribution in [0, 0.1) is 6.92 Å². The molecule has 1 aromatic heterocycles. The maximum Gasteiger partial charge on any atom is 0.118 e. The number of anilines is 1. The number of nitrogens with two attached hydrogens (primary N) is 1. The highest BCUT2D eigenvalue weighted by atomic mass is 32.1. The first-order valence-corrected chi connectivity index (χ1v) is 15.0. The van der Waals surface area contributed by atoms with Crippen molar-refractivity contribution in [2.45, 2.75) is 34.6 Å². The molecular formula is C37H41NO2S. The van der Waals surface area contributed by atoms with Gasteiger partial charge in [0.05, 0.1) is 24.8 Å². The third kappa shape index (κ3) is 7.27. The van der Waals surface area contributed by atoms with E-state index in [0.29, 0.717) is 0 Å². The second kappa shape index (κ2) is 15.5. The Labute approximate surface area is 249 Å². The highest BCUT2D eigenvalue weighted by molar-refractivity contribution is 7.14. The Balaban J connectivity index is 0.00000111. The lowest BCUT2D eigenvalue weighted by Crippen LogP contribution is -1.98. The number of hydrogen-bond donors (Lipinski definition) is 1. The van der Waals surface area contributed by atoms with Gasteiger partial charge in [-0.25, -0.2) is 0 Å². The van der Waals surface area contributed by atoms with E-state index in [0.717, 1.165) is 66.6 Å². The molecule has 2 N–H and O–H groups in total. The van der Waals surface area contributed by atoms with Gasteiger partial charge in [-0.1, -0.05) is 107 Å². The summed E-state index contributed by atoms with van der Waals surface area (Å²) in [6.45, 7) is 10.1. The topological polar surface area (TPSA) is 44.5 Å². The average Bonchev–Trinajstić information content (AvgIpc) is 3.39. The van der Waals surface area contributed by atoms with Gasteiger partial charge in [0.1, 0.15) is 11.5 Å². The van der Waals surface area contributed by atoms with Crippen LogP contribution in [-0.2, 0) is 0 Å². The predicted molar refractivity (Wildman–Crippen MR) is 179 cm³/mol. The minimum absolute atomic E-state index is 0.826. The van der Waals surface area contributed by atoms with Crippen LogP contribution in [0.15, 0.2) is 109 Å². The monoisotopic (exact) mass is 563 g/mol. The number of hydrogen-bond acceptors (Lipinski definition) is 4. The van der Waals surface area contributed by atoms with Gasteiger partial charge in [-0.3, -0.25) is 0 Å². The second-order valence-corrected chi connectivity index (χ2v) is 9.69. The first-order valence-electron chi connectivity index (χ1n) is 14.1. The van der Waals surface area contributed by atoms with Crippen molar-refractivity contribution < 1.29 is 9.47 Å². The van der Waals surface area contributed by atoms with Crippen LogP contribution in [0.5, 0.6) is 11.5 Å². The second-order valence-electron chi connectivity index (χ2n) is 8.81. The maximum atomic E-state index is 6.35. The lowest BCUT2D eigenvalue weighted by atomic mass is 9.85. The fourth-order valence-corrected chi connectivity index (χ4v) is 5.48. The first kappa shape index (κ1) is 31.3. The van der Waals surface area contributed by atoms with Gasteiger partial charge in [-0.2, -0.15) is 0 Å². The normalized spacial score (nSPS) is 9.93. The standard InChI is InChI=1S/C33H29NO2S.2C2H6/c1-22-21-37-33(32(22)34)27-11-9-24(10-12-27)30(23-7-5-4-6-8-23)31(25-13-17-28(35-2)18-14-25)26-15-19-29(36-3)20-16-26;2*1-2/h4-21H,34H2,1-3H3;2*1-2H3. The molecule has 5 aromatic rings. The molecule has 0 aliphatic heterocycles. The Kier molecular flexibility index (Phi) is 11.8. The lowest BCUT2D eigenvalue weighted by molar-refractivity contribution is 0.414. The van der Waals surface area contributed by atoms with E-state index in [1.165, 1.54) is 0 Å². The van der Waals surface area contributed by atoms with Crippen LogP contribution in [-0.4, -0.2) is 14.2 Å². The molecule has 4 aromatic carbocycles. The fraction of sp³-hybridized carbons (Fsp3) is 0.189. The first-order chi connectivity index (χ1) is 20.1. The maximum absolute atomic E-state index is 6.35. The molecule has 5 rings (SSSR count). The molecule has 0 aliphatic carbocycles.